The number of rotatable bonds is 6. The van der Waals surface area contributed by atoms with Gasteiger partial charge >= 0.3 is 11.9 Å². The van der Waals surface area contributed by atoms with Crippen molar-refractivity contribution in [2.45, 2.75) is 25.8 Å². The molecular formula is C13H16N2O5. The van der Waals surface area contributed by atoms with Crippen molar-refractivity contribution in [2.75, 3.05) is 7.11 Å². The predicted molar refractivity (Wildman–Crippen MR) is 69.1 cm³/mol. The molecule has 7 nitrogen and oxygen atoms in total. The number of nitrogens with one attached hydrogen (secondary N) is 1. The zero-order valence-corrected chi connectivity index (χ0v) is 11.3. The van der Waals surface area contributed by atoms with E-state index in [-0.39, 0.29) is 12.8 Å². The summed E-state index contributed by atoms with van der Waals surface area (Å²) in [5.74, 6) is -2.26. The van der Waals surface area contributed by atoms with Crippen LogP contribution in [0.2, 0.25) is 0 Å². The third-order valence-electron chi connectivity index (χ3n) is 2.72. The first-order valence-electron chi connectivity index (χ1n) is 5.97. The fraction of sp³-hybridized carbons (Fsp3) is 0.385. The molecule has 0 saturated heterocycles. The Bertz CT molecular complexity index is 515. The highest BCUT2D eigenvalue weighted by atomic mass is 16.5. The van der Waals surface area contributed by atoms with E-state index in [9.17, 15) is 14.4 Å². The molecule has 1 rings (SSSR count). The minimum Gasteiger partial charge on any atom is -0.480 e. The molecule has 20 heavy (non-hydrogen) atoms. The zero-order chi connectivity index (χ0) is 15.1. The van der Waals surface area contributed by atoms with Crippen LogP contribution >= 0.6 is 0 Å². The van der Waals surface area contributed by atoms with Crippen molar-refractivity contribution in [3.05, 3.63) is 29.6 Å². The molecule has 1 atom stereocenters. The summed E-state index contributed by atoms with van der Waals surface area (Å²) in [7, 11) is 1.22. The van der Waals surface area contributed by atoms with Crippen LogP contribution < -0.4 is 5.32 Å². The van der Waals surface area contributed by atoms with Gasteiger partial charge in [0.2, 0.25) is 0 Å². The number of aliphatic carboxylic acids is 1. The standard InChI is InChI=1S/C13H16N2O5/c1-8-9(4-3-7-14-8)12(17)15-10(13(18)19)5-6-11(16)20-2/h3-4,7,10H,5-6H2,1-2H3,(H,15,17)(H,18,19). The Morgan fingerprint density at radius 3 is 2.70 bits per heavy atom. The number of nitrogens with zero attached hydrogens (tertiary/aromatic N) is 1. The van der Waals surface area contributed by atoms with Gasteiger partial charge in [-0.15, -0.1) is 0 Å². The van der Waals surface area contributed by atoms with Gasteiger partial charge in [0.1, 0.15) is 6.04 Å². The first kappa shape index (κ1) is 15.6. The lowest BCUT2D eigenvalue weighted by atomic mass is 10.1. The molecule has 1 unspecified atom stereocenters. The lowest BCUT2D eigenvalue weighted by Gasteiger charge is -2.14. The van der Waals surface area contributed by atoms with Crippen molar-refractivity contribution in [1.29, 1.82) is 0 Å². The number of aryl methyl sites for hydroxylation is 1. The van der Waals surface area contributed by atoms with Crippen molar-refractivity contribution in [3.63, 3.8) is 0 Å². The number of carbonyl (C=O) groups is 3. The number of amides is 1. The Hall–Kier alpha value is -2.44. The Balaban J connectivity index is 2.71. The van der Waals surface area contributed by atoms with E-state index >= 15 is 0 Å². The van der Waals surface area contributed by atoms with Gasteiger partial charge in [-0.1, -0.05) is 0 Å². The maximum absolute atomic E-state index is 12.0. The van der Waals surface area contributed by atoms with Gasteiger partial charge in [-0.3, -0.25) is 14.6 Å². The normalized spacial score (nSPS) is 11.5. The molecule has 1 aromatic heterocycles. The Morgan fingerprint density at radius 1 is 1.45 bits per heavy atom. The topological polar surface area (TPSA) is 106 Å². The molecule has 108 valence electrons. The molecule has 2 N–H and O–H groups in total. The number of carbonyl (C=O) groups excluding carboxylic acids is 2. The largest absolute Gasteiger partial charge is 0.480 e. The molecule has 0 saturated carbocycles. The van der Waals surface area contributed by atoms with Gasteiger partial charge in [-0.05, 0) is 25.5 Å². The van der Waals surface area contributed by atoms with E-state index in [2.05, 4.69) is 15.0 Å². The number of esters is 1. The molecule has 0 aliphatic heterocycles. The van der Waals surface area contributed by atoms with Gasteiger partial charge in [0.15, 0.2) is 0 Å². The minimum atomic E-state index is -1.20. The summed E-state index contributed by atoms with van der Waals surface area (Å²) < 4.78 is 4.43. The highest BCUT2D eigenvalue weighted by Crippen LogP contribution is 2.06. The van der Waals surface area contributed by atoms with E-state index in [1.165, 1.54) is 13.3 Å². The van der Waals surface area contributed by atoms with Gasteiger partial charge in [0, 0.05) is 18.3 Å². The SMILES string of the molecule is COC(=O)CCC(NC(=O)c1cccnc1C)C(=O)O. The lowest BCUT2D eigenvalue weighted by Crippen LogP contribution is -2.41. The monoisotopic (exact) mass is 280 g/mol. The molecule has 0 fully saturated rings. The van der Waals surface area contributed by atoms with E-state index < -0.39 is 23.9 Å². The summed E-state index contributed by atoms with van der Waals surface area (Å²) in [6.07, 6.45) is 1.42. The molecular weight excluding hydrogens is 264 g/mol. The summed E-state index contributed by atoms with van der Waals surface area (Å²) in [4.78, 5) is 38.0. The molecule has 0 aliphatic rings. The van der Waals surface area contributed by atoms with E-state index in [0.717, 1.165) is 0 Å². The van der Waals surface area contributed by atoms with Crippen molar-refractivity contribution < 1.29 is 24.2 Å². The molecule has 0 radical (unpaired) electrons. The van der Waals surface area contributed by atoms with Crippen molar-refractivity contribution in [3.8, 4) is 0 Å². The number of carboxylic acids is 1. The second-order valence-corrected chi connectivity index (χ2v) is 4.12. The number of hydrogen-bond donors (Lipinski definition) is 2. The van der Waals surface area contributed by atoms with Gasteiger partial charge < -0.3 is 15.2 Å². The molecule has 7 heteroatoms. The number of carboxylic acid groups (broad SMARTS) is 1. The van der Waals surface area contributed by atoms with E-state index in [4.69, 9.17) is 5.11 Å². The summed E-state index contributed by atoms with van der Waals surface area (Å²) in [6, 6.07) is 1.99. The first-order chi connectivity index (χ1) is 9.45. The fourth-order valence-corrected chi connectivity index (χ4v) is 1.58. The molecule has 1 aromatic rings. The van der Waals surface area contributed by atoms with Crippen molar-refractivity contribution in [1.82, 2.24) is 10.3 Å². The third-order valence-corrected chi connectivity index (χ3v) is 2.72. The van der Waals surface area contributed by atoms with Crippen LogP contribution in [-0.2, 0) is 14.3 Å². The highest BCUT2D eigenvalue weighted by molar-refractivity contribution is 5.97. The second kappa shape index (κ2) is 7.22. The number of methoxy groups -OCH3 is 1. The molecule has 1 heterocycles. The minimum absolute atomic E-state index is 0.0347. The quantitative estimate of drug-likeness (QED) is 0.736. The van der Waals surface area contributed by atoms with Crippen LogP contribution in [0.1, 0.15) is 28.9 Å². The van der Waals surface area contributed by atoms with Crippen molar-refractivity contribution >= 4 is 17.8 Å². The molecule has 0 bridgehead atoms. The Kier molecular flexibility index (Phi) is 5.64. The van der Waals surface area contributed by atoms with E-state index in [1.807, 2.05) is 0 Å². The van der Waals surface area contributed by atoms with E-state index in [1.54, 1.807) is 19.1 Å². The summed E-state index contributed by atoms with van der Waals surface area (Å²) in [5.41, 5.74) is 0.805. The Morgan fingerprint density at radius 2 is 2.15 bits per heavy atom. The van der Waals surface area contributed by atoms with Crippen LogP contribution in [0.25, 0.3) is 0 Å². The maximum Gasteiger partial charge on any atom is 0.326 e. The molecule has 0 aromatic carbocycles. The number of hydrogen-bond acceptors (Lipinski definition) is 5. The summed E-state index contributed by atoms with van der Waals surface area (Å²) in [5, 5.41) is 11.4. The predicted octanol–water partition coefficient (Wildman–Crippen LogP) is 0.526. The van der Waals surface area contributed by atoms with E-state index in [0.29, 0.717) is 11.3 Å². The highest BCUT2D eigenvalue weighted by Gasteiger charge is 2.22. The maximum atomic E-state index is 12.0. The van der Waals surface area contributed by atoms with Crippen molar-refractivity contribution in [2.24, 2.45) is 0 Å². The van der Waals surface area contributed by atoms with Gasteiger partial charge in [-0.2, -0.15) is 0 Å². The van der Waals surface area contributed by atoms with Gasteiger partial charge in [0.05, 0.1) is 12.7 Å². The van der Waals surface area contributed by atoms with Crippen LogP contribution in [0.3, 0.4) is 0 Å². The third kappa shape index (κ3) is 4.34. The van der Waals surface area contributed by atoms with Crippen LogP contribution in [0.4, 0.5) is 0 Å². The molecule has 0 aliphatic carbocycles. The van der Waals surface area contributed by atoms with Crippen LogP contribution in [0, 0.1) is 6.92 Å². The van der Waals surface area contributed by atoms with Gasteiger partial charge in [-0.25, -0.2) is 4.79 Å². The second-order valence-electron chi connectivity index (χ2n) is 4.12. The zero-order valence-electron chi connectivity index (χ0n) is 11.3. The van der Waals surface area contributed by atoms with Gasteiger partial charge in [0.25, 0.3) is 5.91 Å². The number of ether oxygens (including phenoxy) is 1. The smallest absolute Gasteiger partial charge is 0.326 e. The van der Waals surface area contributed by atoms with Crippen LogP contribution in [0.15, 0.2) is 18.3 Å². The average molecular weight is 280 g/mol. The average Bonchev–Trinajstić information content (AvgIpc) is 2.42. The fourth-order valence-electron chi connectivity index (χ4n) is 1.58. The molecule has 1 amide bonds. The van der Waals surface area contributed by atoms with Crippen LogP contribution in [0.5, 0.6) is 0 Å². The summed E-state index contributed by atoms with van der Waals surface area (Å²) in [6.45, 7) is 1.65. The number of pyridine rings is 1. The molecule has 0 spiro atoms. The number of aromatic nitrogens is 1. The lowest BCUT2D eigenvalue weighted by molar-refractivity contribution is -0.142. The summed E-state index contributed by atoms with van der Waals surface area (Å²) >= 11 is 0. The Labute approximate surface area is 116 Å². The van der Waals surface area contributed by atoms with Crippen LogP contribution in [-0.4, -0.2) is 41.1 Å². The first-order valence-corrected chi connectivity index (χ1v) is 5.97.